The molecular formula is C17H33N3S. The van der Waals surface area contributed by atoms with E-state index in [0.29, 0.717) is 6.04 Å². The van der Waals surface area contributed by atoms with Crippen LogP contribution in [0.2, 0.25) is 0 Å². The van der Waals surface area contributed by atoms with Gasteiger partial charge in [0, 0.05) is 36.5 Å². The van der Waals surface area contributed by atoms with Gasteiger partial charge in [0.05, 0.1) is 5.69 Å². The summed E-state index contributed by atoms with van der Waals surface area (Å²) in [7, 11) is 2.16. The molecule has 1 aromatic rings. The lowest BCUT2D eigenvalue weighted by Crippen LogP contribution is -2.24. The van der Waals surface area contributed by atoms with Crippen LogP contribution in [0.4, 0.5) is 5.13 Å². The van der Waals surface area contributed by atoms with Gasteiger partial charge in [-0.1, -0.05) is 48.5 Å². The van der Waals surface area contributed by atoms with E-state index in [0.717, 1.165) is 24.1 Å². The Morgan fingerprint density at radius 2 is 1.81 bits per heavy atom. The van der Waals surface area contributed by atoms with Crippen molar-refractivity contribution in [1.82, 2.24) is 10.3 Å². The van der Waals surface area contributed by atoms with Crippen molar-refractivity contribution in [3.05, 3.63) is 10.6 Å². The maximum absolute atomic E-state index is 4.94. The Labute approximate surface area is 135 Å². The molecule has 0 aliphatic rings. The van der Waals surface area contributed by atoms with Crippen molar-refractivity contribution in [2.75, 3.05) is 18.5 Å². The third kappa shape index (κ3) is 5.95. The zero-order valence-corrected chi connectivity index (χ0v) is 15.9. The Bertz CT molecular complexity index is 430. The number of aromatic nitrogens is 1. The first-order chi connectivity index (χ1) is 9.61. The standard InChI is InChI=1S/C17H33N3S/c1-12(2)9-10-20(8)16-19-15(17(5,6)7)14(21-16)11-18-13(3)4/h12-13,18H,9-11H2,1-8H3. The minimum Gasteiger partial charge on any atom is -0.351 e. The van der Waals surface area contributed by atoms with Gasteiger partial charge in [0.15, 0.2) is 5.13 Å². The van der Waals surface area contributed by atoms with E-state index in [1.807, 2.05) is 11.3 Å². The molecule has 0 aromatic carbocycles. The lowest BCUT2D eigenvalue weighted by atomic mass is 9.91. The Kier molecular flexibility index (Phi) is 6.67. The maximum Gasteiger partial charge on any atom is 0.185 e. The molecule has 0 radical (unpaired) electrons. The van der Waals surface area contributed by atoms with Gasteiger partial charge in [0.25, 0.3) is 0 Å². The predicted molar refractivity (Wildman–Crippen MR) is 95.5 cm³/mol. The summed E-state index contributed by atoms with van der Waals surface area (Å²) in [5, 5.41) is 4.68. The van der Waals surface area contributed by atoms with Gasteiger partial charge in [-0.25, -0.2) is 4.98 Å². The van der Waals surface area contributed by atoms with Crippen molar-refractivity contribution < 1.29 is 0 Å². The number of anilines is 1. The fraction of sp³-hybridized carbons (Fsp3) is 0.824. The highest BCUT2D eigenvalue weighted by Gasteiger charge is 2.24. The monoisotopic (exact) mass is 311 g/mol. The molecule has 0 amide bonds. The zero-order chi connectivity index (χ0) is 16.2. The molecule has 1 heterocycles. The molecule has 1 aromatic heterocycles. The summed E-state index contributed by atoms with van der Waals surface area (Å²) in [6, 6.07) is 0.502. The fourth-order valence-electron chi connectivity index (χ4n) is 2.05. The van der Waals surface area contributed by atoms with Crippen LogP contribution < -0.4 is 10.2 Å². The van der Waals surface area contributed by atoms with E-state index >= 15 is 0 Å². The van der Waals surface area contributed by atoms with Crippen molar-refractivity contribution in [1.29, 1.82) is 0 Å². The molecule has 0 saturated heterocycles. The van der Waals surface area contributed by atoms with Crippen LogP contribution in [0.3, 0.4) is 0 Å². The molecule has 0 fully saturated rings. The van der Waals surface area contributed by atoms with Crippen molar-refractivity contribution in [2.45, 2.75) is 72.9 Å². The Balaban J connectivity index is 2.91. The van der Waals surface area contributed by atoms with Crippen LogP contribution in [0.15, 0.2) is 0 Å². The Morgan fingerprint density at radius 1 is 1.19 bits per heavy atom. The highest BCUT2D eigenvalue weighted by Crippen LogP contribution is 2.33. The summed E-state index contributed by atoms with van der Waals surface area (Å²) < 4.78 is 0. The summed E-state index contributed by atoms with van der Waals surface area (Å²) in [5.74, 6) is 0.733. The van der Waals surface area contributed by atoms with Crippen LogP contribution in [0.25, 0.3) is 0 Å². The van der Waals surface area contributed by atoms with Gasteiger partial charge in [-0.15, -0.1) is 11.3 Å². The topological polar surface area (TPSA) is 28.2 Å². The van der Waals surface area contributed by atoms with E-state index in [1.54, 1.807) is 0 Å². The zero-order valence-electron chi connectivity index (χ0n) is 15.1. The van der Waals surface area contributed by atoms with E-state index in [9.17, 15) is 0 Å². The highest BCUT2D eigenvalue weighted by atomic mass is 32.1. The van der Waals surface area contributed by atoms with Crippen molar-refractivity contribution >= 4 is 16.5 Å². The Morgan fingerprint density at radius 3 is 2.29 bits per heavy atom. The van der Waals surface area contributed by atoms with Crippen LogP contribution in [0.5, 0.6) is 0 Å². The molecule has 0 aliphatic heterocycles. The van der Waals surface area contributed by atoms with Gasteiger partial charge in [-0.05, 0) is 12.3 Å². The maximum atomic E-state index is 4.94. The minimum absolute atomic E-state index is 0.0988. The number of hydrogen-bond acceptors (Lipinski definition) is 4. The van der Waals surface area contributed by atoms with Gasteiger partial charge in [-0.3, -0.25) is 0 Å². The van der Waals surface area contributed by atoms with Crippen molar-refractivity contribution in [2.24, 2.45) is 5.92 Å². The van der Waals surface area contributed by atoms with Crippen LogP contribution >= 0.6 is 11.3 Å². The average Bonchev–Trinajstić information content (AvgIpc) is 2.77. The van der Waals surface area contributed by atoms with Crippen LogP contribution in [0.1, 0.15) is 65.5 Å². The van der Waals surface area contributed by atoms with Crippen molar-refractivity contribution in [3.63, 3.8) is 0 Å². The number of hydrogen-bond donors (Lipinski definition) is 1. The van der Waals surface area contributed by atoms with E-state index in [2.05, 4.69) is 65.7 Å². The summed E-state index contributed by atoms with van der Waals surface area (Å²) in [6.45, 7) is 17.7. The second kappa shape index (κ2) is 7.59. The number of nitrogens with zero attached hydrogens (tertiary/aromatic N) is 2. The molecule has 0 atom stereocenters. The molecule has 0 saturated carbocycles. The molecule has 4 heteroatoms. The van der Waals surface area contributed by atoms with Gasteiger partial charge < -0.3 is 10.2 Å². The molecule has 122 valence electrons. The second-order valence-electron chi connectivity index (χ2n) is 7.66. The number of thiazole rings is 1. The van der Waals surface area contributed by atoms with Crippen LogP contribution in [-0.2, 0) is 12.0 Å². The summed E-state index contributed by atoms with van der Waals surface area (Å²) >= 11 is 1.84. The molecule has 3 nitrogen and oxygen atoms in total. The fourth-order valence-corrected chi connectivity index (χ4v) is 3.26. The molecule has 1 rings (SSSR count). The van der Waals surface area contributed by atoms with E-state index in [1.165, 1.54) is 17.0 Å². The number of nitrogens with one attached hydrogen (secondary N) is 1. The van der Waals surface area contributed by atoms with E-state index in [4.69, 9.17) is 4.98 Å². The third-order valence-electron chi connectivity index (χ3n) is 3.44. The van der Waals surface area contributed by atoms with E-state index in [-0.39, 0.29) is 5.41 Å². The molecule has 21 heavy (non-hydrogen) atoms. The normalized spacial score (nSPS) is 12.5. The first-order valence-electron chi connectivity index (χ1n) is 8.06. The van der Waals surface area contributed by atoms with Crippen molar-refractivity contribution in [3.8, 4) is 0 Å². The van der Waals surface area contributed by atoms with Crippen LogP contribution in [-0.4, -0.2) is 24.6 Å². The third-order valence-corrected chi connectivity index (χ3v) is 4.61. The minimum atomic E-state index is 0.0988. The lowest BCUT2D eigenvalue weighted by molar-refractivity contribution is 0.545. The molecule has 1 N–H and O–H groups in total. The Hall–Kier alpha value is -0.610. The smallest absolute Gasteiger partial charge is 0.185 e. The van der Waals surface area contributed by atoms with Crippen LogP contribution in [0, 0.1) is 5.92 Å². The molecule has 0 unspecified atom stereocenters. The first-order valence-corrected chi connectivity index (χ1v) is 8.87. The first kappa shape index (κ1) is 18.4. The average molecular weight is 312 g/mol. The van der Waals surface area contributed by atoms with Gasteiger partial charge >= 0.3 is 0 Å². The quantitative estimate of drug-likeness (QED) is 0.808. The molecule has 0 aliphatic carbocycles. The predicted octanol–water partition coefficient (Wildman–Crippen LogP) is 4.42. The van der Waals surface area contributed by atoms with Gasteiger partial charge in [-0.2, -0.15) is 0 Å². The molecule has 0 bridgehead atoms. The lowest BCUT2D eigenvalue weighted by Gasteiger charge is -2.19. The van der Waals surface area contributed by atoms with Gasteiger partial charge in [0.1, 0.15) is 0 Å². The SMILES string of the molecule is CC(C)CCN(C)c1nc(C(C)(C)C)c(CNC(C)C)s1. The van der Waals surface area contributed by atoms with E-state index < -0.39 is 0 Å². The summed E-state index contributed by atoms with van der Waals surface area (Å²) in [6.07, 6.45) is 1.21. The largest absolute Gasteiger partial charge is 0.351 e. The summed E-state index contributed by atoms with van der Waals surface area (Å²) in [5.41, 5.74) is 1.34. The molecule has 0 spiro atoms. The highest BCUT2D eigenvalue weighted by molar-refractivity contribution is 7.15. The summed E-state index contributed by atoms with van der Waals surface area (Å²) in [4.78, 5) is 8.62. The molecular weight excluding hydrogens is 278 g/mol. The second-order valence-corrected chi connectivity index (χ2v) is 8.72. The van der Waals surface area contributed by atoms with Gasteiger partial charge in [0.2, 0.25) is 0 Å². The number of rotatable bonds is 7.